The zero-order valence-electron chi connectivity index (χ0n) is 8.35. The van der Waals surface area contributed by atoms with Crippen LogP contribution >= 0.6 is 0 Å². The predicted molar refractivity (Wildman–Crippen MR) is 60.5 cm³/mol. The molecule has 1 aliphatic rings. The molecule has 4 heteroatoms. The Bertz CT molecular complexity index is 391. The van der Waals surface area contributed by atoms with E-state index in [2.05, 4.69) is 21.3 Å². The van der Waals surface area contributed by atoms with Crippen LogP contribution in [0.25, 0.3) is 0 Å². The van der Waals surface area contributed by atoms with E-state index in [4.69, 9.17) is 6.42 Å². The van der Waals surface area contributed by atoms with Crippen LogP contribution in [-0.4, -0.2) is 23.9 Å². The number of pyridine rings is 1. The Labute approximate surface area is 89.0 Å². The van der Waals surface area contributed by atoms with E-state index < -0.39 is 0 Å². The Morgan fingerprint density at radius 1 is 1.60 bits per heavy atom. The molecule has 76 valence electrons. The van der Waals surface area contributed by atoms with Gasteiger partial charge in [-0.3, -0.25) is 15.4 Å². The van der Waals surface area contributed by atoms with Crippen molar-refractivity contribution >= 4 is 11.7 Å². The summed E-state index contributed by atoms with van der Waals surface area (Å²) in [7, 11) is 0. The van der Waals surface area contributed by atoms with Gasteiger partial charge in [0.05, 0.1) is 0 Å². The van der Waals surface area contributed by atoms with Crippen LogP contribution < -0.4 is 10.4 Å². The van der Waals surface area contributed by atoms with Crippen molar-refractivity contribution in [3.8, 4) is 12.3 Å². The predicted octanol–water partition coefficient (Wildman–Crippen LogP) is 0.828. The summed E-state index contributed by atoms with van der Waals surface area (Å²) in [6.45, 7) is 1.30. The maximum Gasteiger partial charge on any atom is 0.146 e. The lowest BCUT2D eigenvalue weighted by Crippen LogP contribution is -2.33. The van der Waals surface area contributed by atoms with Gasteiger partial charge in [0.2, 0.25) is 0 Å². The number of amidine groups is 1. The number of nitrogens with one attached hydrogen (secondary N) is 1. The summed E-state index contributed by atoms with van der Waals surface area (Å²) in [5.74, 6) is 4.32. The minimum absolute atomic E-state index is 0.429. The smallest absolute Gasteiger partial charge is 0.146 e. The van der Waals surface area contributed by atoms with E-state index in [0.717, 1.165) is 24.6 Å². The highest BCUT2D eigenvalue weighted by Gasteiger charge is 2.17. The van der Waals surface area contributed by atoms with Crippen LogP contribution in [0, 0.1) is 12.3 Å². The van der Waals surface area contributed by atoms with Crippen molar-refractivity contribution in [2.75, 3.05) is 18.1 Å². The Hall–Kier alpha value is -2.02. The molecule has 0 radical (unpaired) electrons. The Morgan fingerprint density at radius 2 is 2.53 bits per heavy atom. The molecule has 1 fully saturated rings. The van der Waals surface area contributed by atoms with Crippen LogP contribution in [-0.2, 0) is 0 Å². The van der Waals surface area contributed by atoms with Gasteiger partial charge in [0, 0.05) is 19.2 Å². The third kappa shape index (κ3) is 2.26. The molecule has 0 aliphatic carbocycles. The van der Waals surface area contributed by atoms with Crippen LogP contribution in [0.15, 0.2) is 29.4 Å². The fourth-order valence-corrected chi connectivity index (χ4v) is 1.43. The number of terminal acetylenes is 1. The molecule has 15 heavy (non-hydrogen) atoms. The Kier molecular flexibility index (Phi) is 2.84. The first-order valence-corrected chi connectivity index (χ1v) is 4.82. The van der Waals surface area contributed by atoms with Crippen LogP contribution in [0.5, 0.6) is 0 Å². The standard InChI is InChI=1S/C11H12N4/c1-2-7-12-10-6-9-15(14-10)11-5-3-4-8-13-11/h1,3-5,8H,6-7,9H2,(H,12,14). The highest BCUT2D eigenvalue weighted by Crippen LogP contribution is 2.11. The Morgan fingerprint density at radius 3 is 3.27 bits per heavy atom. The monoisotopic (exact) mass is 200 g/mol. The van der Waals surface area contributed by atoms with Crippen molar-refractivity contribution in [1.82, 2.24) is 10.4 Å². The summed E-state index contributed by atoms with van der Waals surface area (Å²) in [5.41, 5.74) is 3.17. The van der Waals surface area contributed by atoms with Crippen molar-refractivity contribution in [2.24, 2.45) is 4.99 Å². The number of anilines is 1. The highest BCUT2D eigenvalue weighted by molar-refractivity contribution is 5.86. The topological polar surface area (TPSA) is 40.5 Å². The van der Waals surface area contributed by atoms with Crippen LogP contribution in [0.1, 0.15) is 6.42 Å². The van der Waals surface area contributed by atoms with E-state index in [-0.39, 0.29) is 0 Å². The van der Waals surface area contributed by atoms with Crippen molar-refractivity contribution in [3.63, 3.8) is 0 Å². The lowest BCUT2D eigenvalue weighted by Gasteiger charge is -2.15. The minimum Gasteiger partial charge on any atom is -0.284 e. The molecular formula is C11H12N4. The highest BCUT2D eigenvalue weighted by atomic mass is 15.6. The molecule has 0 unspecified atom stereocenters. The normalized spacial score (nSPS) is 17.5. The summed E-state index contributed by atoms with van der Waals surface area (Å²) in [5, 5.41) is 1.97. The van der Waals surface area contributed by atoms with Gasteiger partial charge >= 0.3 is 0 Å². The Balaban J connectivity index is 2.02. The fraction of sp³-hybridized carbons (Fsp3) is 0.273. The average Bonchev–Trinajstić information content (AvgIpc) is 2.76. The van der Waals surface area contributed by atoms with Gasteiger partial charge in [0.1, 0.15) is 18.2 Å². The number of hydrogen-bond acceptors (Lipinski definition) is 3. The number of aromatic nitrogens is 1. The van der Waals surface area contributed by atoms with Gasteiger partial charge in [0.15, 0.2) is 0 Å². The molecule has 1 aromatic heterocycles. The van der Waals surface area contributed by atoms with Gasteiger partial charge in [-0.15, -0.1) is 6.42 Å². The molecule has 1 aromatic rings. The van der Waals surface area contributed by atoms with Crippen molar-refractivity contribution < 1.29 is 0 Å². The average molecular weight is 200 g/mol. The van der Waals surface area contributed by atoms with Crippen molar-refractivity contribution in [1.29, 1.82) is 0 Å². The molecule has 0 aromatic carbocycles. The number of nitrogens with zero attached hydrogens (tertiary/aromatic N) is 3. The van der Waals surface area contributed by atoms with E-state index in [0.29, 0.717) is 6.54 Å². The first-order chi connectivity index (χ1) is 7.40. The van der Waals surface area contributed by atoms with Crippen LogP contribution in [0.2, 0.25) is 0 Å². The number of hydrogen-bond donors (Lipinski definition) is 1. The molecule has 1 aliphatic heterocycles. The number of hydrazine groups is 1. The number of rotatable bonds is 2. The molecule has 2 heterocycles. The molecule has 0 amide bonds. The molecule has 1 N–H and O–H groups in total. The third-order valence-electron chi connectivity index (χ3n) is 2.12. The quantitative estimate of drug-likeness (QED) is 0.719. The first-order valence-electron chi connectivity index (χ1n) is 4.82. The minimum atomic E-state index is 0.429. The second-order valence-electron chi connectivity index (χ2n) is 3.17. The molecule has 1 saturated heterocycles. The van der Waals surface area contributed by atoms with Gasteiger partial charge in [-0.2, -0.15) is 0 Å². The van der Waals surface area contributed by atoms with Crippen LogP contribution in [0.4, 0.5) is 5.82 Å². The SMILES string of the molecule is C#CCN=C1CCN(c2ccccn2)N1. The maximum atomic E-state index is 5.14. The fourth-order valence-electron chi connectivity index (χ4n) is 1.43. The molecular weight excluding hydrogens is 188 g/mol. The summed E-state index contributed by atoms with van der Waals surface area (Å²) in [6.07, 6.45) is 7.80. The lowest BCUT2D eigenvalue weighted by atomic mass is 10.4. The van der Waals surface area contributed by atoms with Gasteiger partial charge in [-0.1, -0.05) is 12.0 Å². The van der Waals surface area contributed by atoms with Crippen molar-refractivity contribution in [2.45, 2.75) is 6.42 Å². The molecule has 0 bridgehead atoms. The second-order valence-corrected chi connectivity index (χ2v) is 3.17. The molecule has 0 saturated carbocycles. The van der Waals surface area contributed by atoms with E-state index in [1.165, 1.54) is 0 Å². The maximum absolute atomic E-state index is 5.14. The van der Waals surface area contributed by atoms with Crippen LogP contribution in [0.3, 0.4) is 0 Å². The lowest BCUT2D eigenvalue weighted by molar-refractivity contribution is 0.835. The van der Waals surface area contributed by atoms with E-state index in [1.807, 2.05) is 23.2 Å². The van der Waals surface area contributed by atoms with Gasteiger partial charge in [0.25, 0.3) is 0 Å². The molecule has 4 nitrogen and oxygen atoms in total. The molecule has 0 atom stereocenters. The van der Waals surface area contributed by atoms with Crippen molar-refractivity contribution in [3.05, 3.63) is 24.4 Å². The second kappa shape index (κ2) is 4.47. The summed E-state index contributed by atoms with van der Waals surface area (Å²) >= 11 is 0. The van der Waals surface area contributed by atoms with E-state index in [9.17, 15) is 0 Å². The van der Waals surface area contributed by atoms with Gasteiger partial charge < -0.3 is 0 Å². The zero-order valence-corrected chi connectivity index (χ0v) is 8.35. The number of aliphatic imine (C=N–C) groups is 1. The van der Waals surface area contributed by atoms with E-state index in [1.54, 1.807) is 6.20 Å². The summed E-state index contributed by atoms with van der Waals surface area (Å²) in [6, 6.07) is 5.81. The molecule has 0 spiro atoms. The van der Waals surface area contributed by atoms with Gasteiger partial charge in [-0.25, -0.2) is 4.98 Å². The van der Waals surface area contributed by atoms with E-state index >= 15 is 0 Å². The molecule has 2 rings (SSSR count). The largest absolute Gasteiger partial charge is 0.284 e. The zero-order chi connectivity index (χ0) is 10.5. The summed E-state index contributed by atoms with van der Waals surface area (Å²) < 4.78 is 0. The summed E-state index contributed by atoms with van der Waals surface area (Å²) in [4.78, 5) is 8.46. The first kappa shape index (κ1) is 9.53. The third-order valence-corrected chi connectivity index (χ3v) is 2.12. The van der Waals surface area contributed by atoms with Gasteiger partial charge in [-0.05, 0) is 12.1 Å².